The van der Waals surface area contributed by atoms with Crippen molar-refractivity contribution in [2.75, 3.05) is 5.73 Å². The van der Waals surface area contributed by atoms with Crippen molar-refractivity contribution in [1.29, 1.82) is 0 Å². The van der Waals surface area contributed by atoms with Crippen LogP contribution in [-0.2, 0) is 0 Å². The Morgan fingerprint density at radius 3 is 2.47 bits per heavy atom. The van der Waals surface area contributed by atoms with Crippen molar-refractivity contribution in [2.45, 2.75) is 18.9 Å². The zero-order chi connectivity index (χ0) is 10.7. The van der Waals surface area contributed by atoms with Gasteiger partial charge in [-0.25, -0.2) is 8.78 Å². The first-order chi connectivity index (χ1) is 6.50. The van der Waals surface area contributed by atoms with Crippen LogP contribution in [0.5, 0.6) is 0 Å². The number of hydrogen-bond donors (Lipinski definition) is 2. The number of hydrogen-bond acceptors (Lipinski definition) is 2. The van der Waals surface area contributed by atoms with E-state index >= 15 is 0 Å². The van der Waals surface area contributed by atoms with Crippen molar-refractivity contribution >= 4 is 29.7 Å². The minimum Gasteiger partial charge on any atom is -0.398 e. The number of rotatable bonds is 3. The number of nitrogen functional groups attached to an aromatic ring is 1. The van der Waals surface area contributed by atoms with Gasteiger partial charge in [0, 0.05) is 23.2 Å². The summed E-state index contributed by atoms with van der Waals surface area (Å²) in [5.41, 5.74) is 12.0. The molecular formula is C9H12Cl2F2N2. The molecule has 0 amide bonds. The fourth-order valence-electron chi connectivity index (χ4n) is 1.19. The van der Waals surface area contributed by atoms with Crippen molar-refractivity contribution in [3.05, 3.63) is 28.8 Å². The molecule has 2 nitrogen and oxygen atoms in total. The van der Waals surface area contributed by atoms with Crippen molar-refractivity contribution in [3.8, 4) is 0 Å². The average Bonchev–Trinajstić information content (AvgIpc) is 2.08. The smallest absolute Gasteiger partial charge is 0.240 e. The summed E-state index contributed by atoms with van der Waals surface area (Å²) in [4.78, 5) is 0. The summed E-state index contributed by atoms with van der Waals surface area (Å²) in [6.45, 7) is 0. The van der Waals surface area contributed by atoms with Crippen LogP contribution in [0.1, 0.15) is 18.0 Å². The normalized spacial score (nSPS) is 12.3. The Morgan fingerprint density at radius 1 is 1.33 bits per heavy atom. The summed E-state index contributed by atoms with van der Waals surface area (Å²) in [6.07, 6.45) is -2.85. The van der Waals surface area contributed by atoms with E-state index in [4.69, 9.17) is 23.1 Å². The highest BCUT2D eigenvalue weighted by Crippen LogP contribution is 2.26. The maximum atomic E-state index is 12.0. The van der Waals surface area contributed by atoms with Crippen molar-refractivity contribution < 1.29 is 8.78 Å². The molecule has 86 valence electrons. The Bertz CT molecular complexity index is 321. The monoisotopic (exact) mass is 256 g/mol. The molecule has 0 bridgehead atoms. The summed E-state index contributed by atoms with van der Waals surface area (Å²) in [5, 5.41) is 0.443. The van der Waals surface area contributed by atoms with E-state index in [0.29, 0.717) is 16.3 Å². The van der Waals surface area contributed by atoms with Gasteiger partial charge in [-0.15, -0.1) is 12.4 Å². The number of benzene rings is 1. The number of halogens is 4. The van der Waals surface area contributed by atoms with Gasteiger partial charge in [-0.3, -0.25) is 0 Å². The fourth-order valence-corrected chi connectivity index (χ4v) is 1.37. The largest absolute Gasteiger partial charge is 0.398 e. The summed E-state index contributed by atoms with van der Waals surface area (Å²) >= 11 is 5.70. The summed E-state index contributed by atoms with van der Waals surface area (Å²) < 4.78 is 24.1. The second kappa shape index (κ2) is 6.10. The Balaban J connectivity index is 0.00000196. The second-order valence-electron chi connectivity index (χ2n) is 3.01. The minimum absolute atomic E-state index is 0. The minimum atomic E-state index is -2.44. The van der Waals surface area contributed by atoms with Crippen LogP contribution in [0.2, 0.25) is 5.02 Å². The van der Waals surface area contributed by atoms with Gasteiger partial charge in [-0.05, 0) is 23.8 Å². The highest BCUT2D eigenvalue weighted by molar-refractivity contribution is 6.30. The Hall–Kier alpha value is -0.580. The van der Waals surface area contributed by atoms with Gasteiger partial charge in [0.25, 0.3) is 0 Å². The molecule has 1 atom stereocenters. The molecule has 1 aromatic rings. The van der Waals surface area contributed by atoms with Gasteiger partial charge in [0.15, 0.2) is 0 Å². The van der Waals surface area contributed by atoms with E-state index in [9.17, 15) is 8.78 Å². The number of nitrogens with two attached hydrogens (primary N) is 2. The highest BCUT2D eigenvalue weighted by Gasteiger charge is 2.15. The summed E-state index contributed by atoms with van der Waals surface area (Å²) in [5.74, 6) is 0. The van der Waals surface area contributed by atoms with Crippen LogP contribution in [0.3, 0.4) is 0 Å². The van der Waals surface area contributed by atoms with E-state index in [1.165, 1.54) is 6.07 Å². The van der Waals surface area contributed by atoms with E-state index in [0.717, 1.165) is 0 Å². The molecule has 0 saturated carbocycles. The molecule has 0 spiro atoms. The molecule has 0 radical (unpaired) electrons. The van der Waals surface area contributed by atoms with Gasteiger partial charge >= 0.3 is 0 Å². The number of alkyl halides is 2. The van der Waals surface area contributed by atoms with Crippen LogP contribution in [-0.4, -0.2) is 6.43 Å². The average molecular weight is 257 g/mol. The molecule has 0 fully saturated rings. The predicted molar refractivity (Wildman–Crippen MR) is 60.7 cm³/mol. The third-order valence-electron chi connectivity index (χ3n) is 1.88. The van der Waals surface area contributed by atoms with Gasteiger partial charge in [-0.1, -0.05) is 11.6 Å². The number of anilines is 1. The summed E-state index contributed by atoms with van der Waals surface area (Å²) in [7, 11) is 0. The van der Waals surface area contributed by atoms with E-state index in [1.807, 2.05) is 0 Å². The van der Waals surface area contributed by atoms with Gasteiger partial charge in [-0.2, -0.15) is 0 Å². The SMILES string of the molecule is Cl.Nc1ccc(Cl)cc1[C@H](N)CC(F)F. The molecule has 1 aromatic carbocycles. The van der Waals surface area contributed by atoms with Gasteiger partial charge < -0.3 is 11.5 Å². The van der Waals surface area contributed by atoms with E-state index in [2.05, 4.69) is 0 Å². The molecule has 0 aliphatic rings. The maximum absolute atomic E-state index is 12.0. The lowest BCUT2D eigenvalue weighted by atomic mass is 10.0. The Kier molecular flexibility index (Phi) is 5.87. The molecule has 1 rings (SSSR count). The van der Waals surface area contributed by atoms with Gasteiger partial charge in [0.1, 0.15) is 0 Å². The summed E-state index contributed by atoms with van der Waals surface area (Å²) in [6, 6.07) is 3.90. The topological polar surface area (TPSA) is 52.0 Å². The van der Waals surface area contributed by atoms with Crippen molar-refractivity contribution in [3.63, 3.8) is 0 Å². The van der Waals surface area contributed by atoms with Crippen molar-refractivity contribution in [2.24, 2.45) is 5.73 Å². The highest BCUT2D eigenvalue weighted by atomic mass is 35.5. The molecule has 4 N–H and O–H groups in total. The first kappa shape index (κ1) is 14.4. The lowest BCUT2D eigenvalue weighted by Crippen LogP contribution is -2.15. The van der Waals surface area contributed by atoms with Gasteiger partial charge in [0.05, 0.1) is 0 Å². The van der Waals surface area contributed by atoms with Crippen molar-refractivity contribution in [1.82, 2.24) is 0 Å². The fraction of sp³-hybridized carbons (Fsp3) is 0.333. The van der Waals surface area contributed by atoms with Crippen LogP contribution < -0.4 is 11.5 Å². The molecule has 0 aromatic heterocycles. The van der Waals surface area contributed by atoms with E-state index in [-0.39, 0.29) is 12.4 Å². The van der Waals surface area contributed by atoms with Crippen LogP contribution in [0, 0.1) is 0 Å². The quantitative estimate of drug-likeness (QED) is 0.818. The third kappa shape index (κ3) is 4.20. The molecule has 15 heavy (non-hydrogen) atoms. The molecule has 0 aliphatic carbocycles. The standard InChI is InChI=1S/C9H11ClF2N2.ClH/c10-5-1-2-7(13)6(3-5)8(14)4-9(11)12;/h1-3,8-9H,4,13-14H2;1H/t8-;/m1./s1. The predicted octanol–water partition coefficient (Wildman–Crippen LogP) is 3.00. The van der Waals surface area contributed by atoms with Crippen LogP contribution in [0.25, 0.3) is 0 Å². The van der Waals surface area contributed by atoms with E-state index in [1.54, 1.807) is 12.1 Å². The molecule has 0 aliphatic heterocycles. The molecule has 0 saturated heterocycles. The lowest BCUT2D eigenvalue weighted by Gasteiger charge is -2.14. The maximum Gasteiger partial charge on any atom is 0.240 e. The molecule has 6 heteroatoms. The Labute approximate surface area is 98.0 Å². The van der Waals surface area contributed by atoms with Crippen LogP contribution >= 0.6 is 24.0 Å². The third-order valence-corrected chi connectivity index (χ3v) is 2.12. The first-order valence-electron chi connectivity index (χ1n) is 4.09. The first-order valence-corrected chi connectivity index (χ1v) is 4.47. The zero-order valence-electron chi connectivity index (χ0n) is 7.79. The van der Waals surface area contributed by atoms with E-state index < -0.39 is 18.9 Å². The lowest BCUT2D eigenvalue weighted by molar-refractivity contribution is 0.128. The Morgan fingerprint density at radius 2 is 1.93 bits per heavy atom. The van der Waals surface area contributed by atoms with Gasteiger partial charge in [0.2, 0.25) is 6.43 Å². The molecular weight excluding hydrogens is 245 g/mol. The van der Waals surface area contributed by atoms with Crippen LogP contribution in [0.4, 0.5) is 14.5 Å². The molecule has 0 unspecified atom stereocenters. The van der Waals surface area contributed by atoms with Crippen LogP contribution in [0.15, 0.2) is 18.2 Å². The molecule has 0 heterocycles. The second-order valence-corrected chi connectivity index (χ2v) is 3.44. The zero-order valence-corrected chi connectivity index (χ0v) is 9.36.